The molecule has 7 nitrogen and oxygen atoms in total. The Labute approximate surface area is 146 Å². The lowest BCUT2D eigenvalue weighted by Gasteiger charge is -2.24. The second-order valence-electron chi connectivity index (χ2n) is 7.04. The van der Waals surface area contributed by atoms with Crippen molar-refractivity contribution in [3.63, 3.8) is 0 Å². The third-order valence-electron chi connectivity index (χ3n) is 3.74. The van der Waals surface area contributed by atoms with Gasteiger partial charge < -0.3 is 15.0 Å². The average molecular weight is 352 g/mol. The zero-order chi connectivity index (χ0) is 18.6. The highest BCUT2D eigenvalue weighted by molar-refractivity contribution is 5.96. The maximum atomic E-state index is 13.1. The van der Waals surface area contributed by atoms with E-state index in [0.29, 0.717) is 31.4 Å². The van der Waals surface area contributed by atoms with Crippen LogP contribution in [0.1, 0.15) is 43.7 Å². The van der Waals surface area contributed by atoms with Crippen molar-refractivity contribution in [2.24, 2.45) is 0 Å². The van der Waals surface area contributed by atoms with E-state index in [4.69, 9.17) is 4.74 Å². The zero-order valence-corrected chi connectivity index (χ0v) is 15.1. The van der Waals surface area contributed by atoms with Gasteiger partial charge in [-0.3, -0.25) is 9.48 Å². The quantitative estimate of drug-likeness (QED) is 0.882. The minimum atomic E-state index is -0.611. The molecule has 0 aromatic carbocycles. The van der Waals surface area contributed by atoms with E-state index in [0.717, 1.165) is 5.69 Å². The van der Waals surface area contributed by atoms with Crippen molar-refractivity contribution in [3.05, 3.63) is 29.4 Å². The summed E-state index contributed by atoms with van der Waals surface area (Å²) in [6.07, 6.45) is 2.10. The molecule has 138 valence electrons. The number of amides is 2. The molecule has 0 atom stereocenters. The molecule has 0 fully saturated rings. The topological polar surface area (TPSA) is 76.5 Å². The molecule has 1 aromatic rings. The maximum absolute atomic E-state index is 13.1. The fourth-order valence-electron chi connectivity index (χ4n) is 2.54. The molecule has 0 radical (unpaired) electrons. The largest absolute Gasteiger partial charge is 0.445 e. The van der Waals surface area contributed by atoms with Crippen molar-refractivity contribution in [1.82, 2.24) is 20.0 Å². The Kier molecular flexibility index (Phi) is 5.81. The van der Waals surface area contributed by atoms with Crippen molar-refractivity contribution in [2.45, 2.75) is 46.2 Å². The number of hydrogen-bond donors (Lipinski definition) is 1. The summed E-state index contributed by atoms with van der Waals surface area (Å²) in [6, 6.07) is 0. The van der Waals surface area contributed by atoms with Crippen molar-refractivity contribution >= 4 is 12.0 Å². The number of rotatable bonds is 5. The van der Waals surface area contributed by atoms with Crippen LogP contribution in [-0.4, -0.2) is 51.9 Å². The normalized spacial score (nSPS) is 15.2. The molecule has 0 saturated heterocycles. The second-order valence-corrected chi connectivity index (χ2v) is 7.04. The first-order valence-corrected chi connectivity index (χ1v) is 8.32. The van der Waals surface area contributed by atoms with Gasteiger partial charge in [0.1, 0.15) is 6.61 Å². The molecule has 0 spiro atoms. The van der Waals surface area contributed by atoms with Gasteiger partial charge in [-0.2, -0.15) is 5.10 Å². The number of alkyl carbamates (subject to hydrolysis) is 1. The molecule has 1 aromatic heterocycles. The van der Waals surface area contributed by atoms with Crippen LogP contribution in [0.2, 0.25) is 0 Å². The van der Waals surface area contributed by atoms with Gasteiger partial charge >= 0.3 is 6.09 Å². The van der Waals surface area contributed by atoms with Gasteiger partial charge in [-0.15, -0.1) is 0 Å². The van der Waals surface area contributed by atoms with E-state index in [1.807, 2.05) is 27.7 Å². The summed E-state index contributed by atoms with van der Waals surface area (Å²) in [5, 5.41) is 6.99. The number of carbonyl (C=O) groups excluding carboxylic acids is 2. The number of nitrogens with one attached hydrogen (secondary N) is 1. The van der Waals surface area contributed by atoms with E-state index in [1.54, 1.807) is 11.1 Å². The summed E-state index contributed by atoms with van der Waals surface area (Å²) in [7, 11) is 0. The molecule has 0 aliphatic carbocycles. The fourth-order valence-corrected chi connectivity index (χ4v) is 2.54. The maximum Gasteiger partial charge on any atom is 0.407 e. The molecule has 0 bridgehead atoms. The van der Waals surface area contributed by atoms with Crippen molar-refractivity contribution in [2.75, 3.05) is 19.7 Å². The number of carbonyl (C=O) groups is 2. The summed E-state index contributed by atoms with van der Waals surface area (Å²) in [5.74, 6) is -0.0541. The number of nitrogens with zero attached hydrogens (tertiary/aromatic N) is 3. The van der Waals surface area contributed by atoms with Gasteiger partial charge in [0, 0.05) is 36.8 Å². The van der Waals surface area contributed by atoms with E-state index >= 15 is 0 Å². The molecule has 1 aliphatic rings. The summed E-state index contributed by atoms with van der Waals surface area (Å²) >= 11 is 0. The number of hydrogen-bond acceptors (Lipinski definition) is 4. The van der Waals surface area contributed by atoms with Gasteiger partial charge in [-0.1, -0.05) is 0 Å². The fraction of sp³-hybridized carbons (Fsp3) is 0.588. The SMILES string of the molecule is CCN1CCc2nn(C/C(=C\F)COC(=O)NC(C)(C)C)cc2C1=O. The lowest BCUT2D eigenvalue weighted by molar-refractivity contribution is 0.0748. The standard InChI is InChI=1S/C17H25FN4O3/c1-5-21-7-6-14-13(15(21)23)10-22(20-14)9-12(8-18)11-25-16(24)19-17(2,3)4/h8,10H,5-7,9,11H2,1-4H3,(H,19,24)/b12-8+. The van der Waals surface area contributed by atoms with Crippen LogP contribution in [-0.2, 0) is 17.7 Å². The Hall–Kier alpha value is -2.38. The molecule has 8 heteroatoms. The van der Waals surface area contributed by atoms with Crippen molar-refractivity contribution in [3.8, 4) is 0 Å². The van der Waals surface area contributed by atoms with E-state index in [1.165, 1.54) is 4.68 Å². The van der Waals surface area contributed by atoms with Gasteiger partial charge in [0.05, 0.1) is 24.1 Å². The third kappa shape index (κ3) is 5.04. The summed E-state index contributed by atoms with van der Waals surface area (Å²) in [6.45, 7) is 8.62. The predicted octanol–water partition coefficient (Wildman–Crippen LogP) is 2.28. The van der Waals surface area contributed by atoms with Gasteiger partial charge in [-0.25, -0.2) is 9.18 Å². The van der Waals surface area contributed by atoms with Crippen LogP contribution in [0, 0.1) is 0 Å². The molecule has 2 amide bonds. The number of likely N-dealkylation sites (N-methyl/N-ethyl adjacent to an activating group) is 1. The Morgan fingerprint density at radius 2 is 2.20 bits per heavy atom. The van der Waals surface area contributed by atoms with Crippen LogP contribution in [0.3, 0.4) is 0 Å². The minimum Gasteiger partial charge on any atom is -0.445 e. The Morgan fingerprint density at radius 1 is 1.48 bits per heavy atom. The zero-order valence-electron chi connectivity index (χ0n) is 15.1. The third-order valence-corrected chi connectivity index (χ3v) is 3.74. The predicted molar refractivity (Wildman–Crippen MR) is 90.9 cm³/mol. The van der Waals surface area contributed by atoms with Crippen LogP contribution in [0.15, 0.2) is 18.1 Å². The molecule has 25 heavy (non-hydrogen) atoms. The first kappa shape index (κ1) is 19.0. The van der Waals surface area contributed by atoms with E-state index in [2.05, 4.69) is 10.4 Å². The number of halogens is 1. The Balaban J connectivity index is 1.97. The second kappa shape index (κ2) is 7.67. The lowest BCUT2D eigenvalue weighted by Crippen LogP contribution is -2.41. The smallest absolute Gasteiger partial charge is 0.407 e. The summed E-state index contributed by atoms with van der Waals surface area (Å²) in [4.78, 5) is 25.7. The molecular formula is C17H25FN4O3. The van der Waals surface area contributed by atoms with Crippen molar-refractivity contribution < 1.29 is 18.7 Å². The number of aromatic nitrogens is 2. The number of fused-ring (bicyclic) bond motifs is 1. The molecular weight excluding hydrogens is 327 g/mol. The molecule has 2 rings (SSSR count). The lowest BCUT2D eigenvalue weighted by atomic mass is 10.1. The van der Waals surface area contributed by atoms with Crippen LogP contribution >= 0.6 is 0 Å². The minimum absolute atomic E-state index is 0.0541. The van der Waals surface area contributed by atoms with Crippen LogP contribution in [0.25, 0.3) is 0 Å². The molecule has 1 aliphatic heterocycles. The summed E-state index contributed by atoms with van der Waals surface area (Å²) in [5.41, 5.74) is 1.10. The average Bonchev–Trinajstić information content (AvgIpc) is 2.93. The van der Waals surface area contributed by atoms with Crippen LogP contribution < -0.4 is 5.32 Å². The molecule has 0 saturated carbocycles. The first-order valence-electron chi connectivity index (χ1n) is 8.32. The molecule has 2 heterocycles. The van der Waals surface area contributed by atoms with Crippen molar-refractivity contribution in [1.29, 1.82) is 0 Å². The highest BCUT2D eigenvalue weighted by Gasteiger charge is 2.26. The summed E-state index contributed by atoms with van der Waals surface area (Å²) < 4.78 is 19.7. The Bertz CT molecular complexity index is 676. The molecule has 1 N–H and O–H groups in total. The number of ether oxygens (including phenoxy) is 1. The highest BCUT2D eigenvalue weighted by atomic mass is 19.1. The van der Waals surface area contributed by atoms with E-state index < -0.39 is 11.6 Å². The van der Waals surface area contributed by atoms with E-state index in [-0.39, 0.29) is 24.6 Å². The van der Waals surface area contributed by atoms with Gasteiger partial charge in [-0.05, 0) is 27.7 Å². The van der Waals surface area contributed by atoms with Gasteiger partial charge in [0.2, 0.25) is 0 Å². The monoisotopic (exact) mass is 352 g/mol. The highest BCUT2D eigenvalue weighted by Crippen LogP contribution is 2.18. The molecule has 0 unspecified atom stereocenters. The van der Waals surface area contributed by atoms with Crippen LogP contribution in [0.5, 0.6) is 0 Å². The van der Waals surface area contributed by atoms with Crippen LogP contribution in [0.4, 0.5) is 9.18 Å². The van der Waals surface area contributed by atoms with Gasteiger partial charge in [0.25, 0.3) is 5.91 Å². The van der Waals surface area contributed by atoms with Gasteiger partial charge in [0.15, 0.2) is 0 Å². The van der Waals surface area contributed by atoms with E-state index in [9.17, 15) is 14.0 Å². The Morgan fingerprint density at radius 3 is 2.80 bits per heavy atom. The first-order chi connectivity index (χ1) is 11.7.